The first-order valence-electron chi connectivity index (χ1n) is 6.36. The van der Waals surface area contributed by atoms with Crippen LogP contribution in [0.4, 0.5) is 0 Å². The van der Waals surface area contributed by atoms with Crippen LogP contribution in [0.2, 0.25) is 5.02 Å². The van der Waals surface area contributed by atoms with Crippen molar-refractivity contribution in [1.82, 2.24) is 9.97 Å². The maximum absolute atomic E-state index is 12.0. The fraction of sp³-hybridized carbons (Fsp3) is 0.188. The molecule has 1 aromatic carbocycles. The maximum atomic E-state index is 12.0. The fourth-order valence-corrected chi connectivity index (χ4v) is 1.72. The Hall–Kier alpha value is -2.00. The lowest BCUT2D eigenvalue weighted by molar-refractivity contribution is 0.104. The first-order valence-corrected chi connectivity index (χ1v) is 6.74. The number of benzene rings is 1. The van der Waals surface area contributed by atoms with Gasteiger partial charge in [-0.15, -0.1) is 0 Å². The molecule has 0 fully saturated rings. The lowest BCUT2D eigenvalue weighted by Gasteiger charge is -2.03. The summed E-state index contributed by atoms with van der Waals surface area (Å²) < 4.78 is 0. The van der Waals surface area contributed by atoms with E-state index in [1.807, 2.05) is 26.0 Å². The molecule has 0 aliphatic carbocycles. The van der Waals surface area contributed by atoms with Gasteiger partial charge in [-0.2, -0.15) is 0 Å². The van der Waals surface area contributed by atoms with E-state index in [9.17, 15) is 4.79 Å². The summed E-state index contributed by atoms with van der Waals surface area (Å²) in [5.41, 5.74) is 2.14. The molecule has 2 aromatic rings. The predicted molar refractivity (Wildman–Crippen MR) is 80.9 cm³/mol. The molecular weight excluding hydrogens is 272 g/mol. The number of rotatable bonds is 4. The van der Waals surface area contributed by atoms with Crippen LogP contribution in [0.1, 0.15) is 41.5 Å². The number of carbonyl (C=O) groups is 1. The van der Waals surface area contributed by atoms with Crippen molar-refractivity contribution in [3.8, 4) is 0 Å². The van der Waals surface area contributed by atoms with Crippen LogP contribution in [-0.2, 0) is 0 Å². The van der Waals surface area contributed by atoms with Gasteiger partial charge in [0.15, 0.2) is 0 Å². The summed E-state index contributed by atoms with van der Waals surface area (Å²) >= 11 is 5.80. The van der Waals surface area contributed by atoms with Crippen molar-refractivity contribution >= 4 is 23.5 Å². The fourth-order valence-electron chi connectivity index (χ4n) is 1.59. The Bertz CT molecular complexity index is 616. The summed E-state index contributed by atoms with van der Waals surface area (Å²) in [6, 6.07) is 7.26. The third-order valence-electron chi connectivity index (χ3n) is 2.81. The van der Waals surface area contributed by atoms with Gasteiger partial charge in [-0.1, -0.05) is 43.7 Å². The average Bonchev–Trinajstić information content (AvgIpc) is 2.46. The third-order valence-corrected chi connectivity index (χ3v) is 3.06. The normalized spacial score (nSPS) is 11.2. The number of hydrogen-bond acceptors (Lipinski definition) is 3. The van der Waals surface area contributed by atoms with Crippen LogP contribution in [0.15, 0.2) is 42.7 Å². The summed E-state index contributed by atoms with van der Waals surface area (Å²) in [4.78, 5) is 20.3. The second kappa shape index (κ2) is 6.44. The molecule has 0 bridgehead atoms. The van der Waals surface area contributed by atoms with Gasteiger partial charge in [-0.3, -0.25) is 9.78 Å². The maximum Gasteiger partial charge on any atom is 0.205 e. The van der Waals surface area contributed by atoms with Gasteiger partial charge in [0.2, 0.25) is 5.78 Å². The molecule has 0 saturated carbocycles. The smallest absolute Gasteiger partial charge is 0.205 e. The molecule has 0 aliphatic rings. The van der Waals surface area contributed by atoms with Gasteiger partial charge in [0.05, 0.1) is 11.9 Å². The SMILES string of the molecule is CC(C)c1cnc(C(=O)/C=C/c2ccc(Cl)cc2)cn1. The highest BCUT2D eigenvalue weighted by Crippen LogP contribution is 2.12. The van der Waals surface area contributed by atoms with Crippen LogP contribution in [-0.4, -0.2) is 15.8 Å². The Balaban J connectivity index is 2.09. The van der Waals surface area contributed by atoms with Crippen LogP contribution in [0.3, 0.4) is 0 Å². The quantitative estimate of drug-likeness (QED) is 0.626. The number of halogens is 1. The van der Waals surface area contributed by atoms with Gasteiger partial charge in [0, 0.05) is 11.2 Å². The Kier molecular flexibility index (Phi) is 4.64. The molecule has 0 atom stereocenters. The van der Waals surface area contributed by atoms with Crippen molar-refractivity contribution in [2.24, 2.45) is 0 Å². The minimum Gasteiger partial charge on any atom is -0.287 e. The van der Waals surface area contributed by atoms with Crippen molar-refractivity contribution in [1.29, 1.82) is 0 Å². The zero-order valence-corrected chi connectivity index (χ0v) is 12.1. The Morgan fingerprint density at radius 3 is 2.40 bits per heavy atom. The highest BCUT2D eigenvalue weighted by Gasteiger charge is 2.06. The van der Waals surface area contributed by atoms with Crippen LogP contribution >= 0.6 is 11.6 Å². The average molecular weight is 287 g/mol. The zero-order chi connectivity index (χ0) is 14.5. The van der Waals surface area contributed by atoms with E-state index in [1.165, 1.54) is 12.3 Å². The lowest BCUT2D eigenvalue weighted by Crippen LogP contribution is -2.02. The summed E-state index contributed by atoms with van der Waals surface area (Å²) in [5.74, 6) is 0.138. The minimum atomic E-state index is -0.164. The Morgan fingerprint density at radius 1 is 1.15 bits per heavy atom. The summed E-state index contributed by atoms with van der Waals surface area (Å²) in [6.45, 7) is 4.07. The third kappa shape index (κ3) is 3.75. The first-order chi connectivity index (χ1) is 9.56. The number of aromatic nitrogens is 2. The molecule has 0 amide bonds. The van der Waals surface area contributed by atoms with Crippen molar-refractivity contribution in [3.63, 3.8) is 0 Å². The van der Waals surface area contributed by atoms with E-state index in [2.05, 4.69) is 9.97 Å². The van der Waals surface area contributed by atoms with E-state index in [0.29, 0.717) is 16.6 Å². The molecule has 0 spiro atoms. The van der Waals surface area contributed by atoms with Crippen LogP contribution in [0, 0.1) is 0 Å². The number of hydrogen-bond donors (Lipinski definition) is 0. The molecule has 0 saturated heterocycles. The molecule has 3 nitrogen and oxygen atoms in total. The molecule has 1 heterocycles. The molecule has 20 heavy (non-hydrogen) atoms. The molecule has 0 radical (unpaired) electrons. The van der Waals surface area contributed by atoms with E-state index < -0.39 is 0 Å². The van der Waals surface area contributed by atoms with Gasteiger partial charge < -0.3 is 0 Å². The number of allylic oxidation sites excluding steroid dienone is 1. The van der Waals surface area contributed by atoms with Crippen molar-refractivity contribution in [3.05, 3.63) is 64.7 Å². The van der Waals surface area contributed by atoms with E-state index in [-0.39, 0.29) is 5.78 Å². The second-order valence-electron chi connectivity index (χ2n) is 4.73. The highest BCUT2D eigenvalue weighted by atomic mass is 35.5. The Morgan fingerprint density at radius 2 is 1.85 bits per heavy atom. The second-order valence-corrected chi connectivity index (χ2v) is 5.17. The highest BCUT2D eigenvalue weighted by molar-refractivity contribution is 6.30. The topological polar surface area (TPSA) is 42.9 Å². The standard InChI is InChI=1S/C16H15ClN2O/c1-11(2)14-9-19-15(10-18-14)16(20)8-5-12-3-6-13(17)7-4-12/h3-11H,1-2H3/b8-5+. The van der Waals surface area contributed by atoms with E-state index in [0.717, 1.165) is 11.3 Å². The zero-order valence-electron chi connectivity index (χ0n) is 11.4. The molecule has 2 rings (SSSR count). The largest absolute Gasteiger partial charge is 0.287 e. The Labute approximate surface area is 123 Å². The number of nitrogens with zero attached hydrogens (tertiary/aromatic N) is 2. The molecule has 0 N–H and O–H groups in total. The van der Waals surface area contributed by atoms with Crippen LogP contribution in [0.5, 0.6) is 0 Å². The predicted octanol–water partition coefficient (Wildman–Crippen LogP) is 4.15. The number of carbonyl (C=O) groups excluding carboxylic acids is 1. The summed E-state index contributed by atoms with van der Waals surface area (Å²) in [6.07, 6.45) is 6.39. The van der Waals surface area contributed by atoms with E-state index in [4.69, 9.17) is 11.6 Å². The van der Waals surface area contributed by atoms with E-state index >= 15 is 0 Å². The molecule has 4 heteroatoms. The van der Waals surface area contributed by atoms with Gasteiger partial charge in [-0.05, 0) is 29.7 Å². The lowest BCUT2D eigenvalue weighted by atomic mass is 10.1. The number of ketones is 1. The summed E-state index contributed by atoms with van der Waals surface area (Å²) in [7, 11) is 0. The monoisotopic (exact) mass is 286 g/mol. The molecule has 1 aromatic heterocycles. The van der Waals surface area contributed by atoms with Gasteiger partial charge in [0.1, 0.15) is 5.69 Å². The van der Waals surface area contributed by atoms with Crippen LogP contribution < -0.4 is 0 Å². The van der Waals surface area contributed by atoms with Crippen molar-refractivity contribution in [2.75, 3.05) is 0 Å². The van der Waals surface area contributed by atoms with Gasteiger partial charge in [0.25, 0.3) is 0 Å². The first kappa shape index (κ1) is 14.4. The van der Waals surface area contributed by atoms with Gasteiger partial charge in [-0.25, -0.2) is 4.98 Å². The molecule has 102 valence electrons. The van der Waals surface area contributed by atoms with Gasteiger partial charge >= 0.3 is 0 Å². The van der Waals surface area contributed by atoms with Crippen molar-refractivity contribution < 1.29 is 4.79 Å². The van der Waals surface area contributed by atoms with Crippen LogP contribution in [0.25, 0.3) is 6.08 Å². The molecule has 0 aliphatic heterocycles. The minimum absolute atomic E-state index is 0.164. The molecule has 0 unspecified atom stereocenters. The van der Waals surface area contributed by atoms with Crippen molar-refractivity contribution in [2.45, 2.75) is 19.8 Å². The van der Waals surface area contributed by atoms with E-state index in [1.54, 1.807) is 24.4 Å². The molecular formula is C16H15ClN2O. The summed E-state index contributed by atoms with van der Waals surface area (Å²) in [5, 5.41) is 0.670.